The molecule has 2 rings (SSSR count). The molecule has 0 atom stereocenters. The van der Waals surface area contributed by atoms with Crippen molar-refractivity contribution in [2.75, 3.05) is 5.75 Å². The van der Waals surface area contributed by atoms with Crippen molar-refractivity contribution >= 4 is 40.9 Å². The molecule has 1 aromatic carbocycles. The normalized spacial score (nSPS) is 10.7. The number of nitrogens with two attached hydrogens (primary N) is 1. The minimum atomic E-state index is -0.404. The van der Waals surface area contributed by atoms with Crippen LogP contribution in [-0.2, 0) is 11.8 Å². The minimum absolute atomic E-state index is 0.153. The molecular formula is C11H10Cl2N4OS. The van der Waals surface area contributed by atoms with Crippen molar-refractivity contribution in [1.82, 2.24) is 14.8 Å². The van der Waals surface area contributed by atoms with E-state index in [1.165, 1.54) is 11.8 Å². The number of hydrogen-bond acceptors (Lipinski definition) is 4. The van der Waals surface area contributed by atoms with Crippen LogP contribution in [0.25, 0.3) is 11.4 Å². The van der Waals surface area contributed by atoms with Gasteiger partial charge in [0.1, 0.15) is 0 Å². The average molecular weight is 317 g/mol. The molecule has 19 heavy (non-hydrogen) atoms. The maximum absolute atomic E-state index is 10.8. The fourth-order valence-electron chi connectivity index (χ4n) is 1.48. The topological polar surface area (TPSA) is 73.8 Å². The second-order valence-corrected chi connectivity index (χ2v) is 5.53. The van der Waals surface area contributed by atoms with Crippen molar-refractivity contribution in [3.63, 3.8) is 0 Å². The summed E-state index contributed by atoms with van der Waals surface area (Å²) in [6.45, 7) is 0. The molecule has 0 aliphatic carbocycles. The van der Waals surface area contributed by atoms with Gasteiger partial charge in [-0.05, 0) is 18.2 Å². The molecule has 5 nitrogen and oxygen atoms in total. The molecular weight excluding hydrogens is 307 g/mol. The third-order valence-electron chi connectivity index (χ3n) is 2.35. The van der Waals surface area contributed by atoms with Crippen molar-refractivity contribution in [3.05, 3.63) is 28.2 Å². The smallest absolute Gasteiger partial charge is 0.227 e. The Bertz CT molecular complexity index is 629. The Hall–Kier alpha value is -1.24. The summed E-state index contributed by atoms with van der Waals surface area (Å²) in [5.41, 5.74) is 5.82. The van der Waals surface area contributed by atoms with Gasteiger partial charge in [-0.1, -0.05) is 35.0 Å². The molecule has 100 valence electrons. The summed E-state index contributed by atoms with van der Waals surface area (Å²) < 4.78 is 1.75. The third kappa shape index (κ3) is 3.20. The molecule has 0 unspecified atom stereocenters. The predicted octanol–water partition coefficient (Wildman–Crippen LogP) is 2.37. The van der Waals surface area contributed by atoms with Crippen molar-refractivity contribution in [2.24, 2.45) is 12.8 Å². The van der Waals surface area contributed by atoms with Crippen LogP contribution in [0.4, 0.5) is 0 Å². The highest BCUT2D eigenvalue weighted by molar-refractivity contribution is 7.99. The summed E-state index contributed by atoms with van der Waals surface area (Å²) in [5.74, 6) is 0.355. The number of nitrogens with zero attached hydrogens (tertiary/aromatic N) is 3. The van der Waals surface area contributed by atoms with Gasteiger partial charge in [-0.2, -0.15) is 0 Å². The second kappa shape index (κ2) is 5.81. The van der Waals surface area contributed by atoms with Gasteiger partial charge in [0, 0.05) is 17.6 Å². The van der Waals surface area contributed by atoms with Crippen LogP contribution in [0.5, 0.6) is 0 Å². The van der Waals surface area contributed by atoms with E-state index in [2.05, 4.69) is 10.2 Å². The lowest BCUT2D eigenvalue weighted by Gasteiger charge is -2.05. The molecule has 0 radical (unpaired) electrons. The van der Waals surface area contributed by atoms with Gasteiger partial charge in [0.2, 0.25) is 5.91 Å². The lowest BCUT2D eigenvalue weighted by molar-refractivity contribution is -0.115. The fraction of sp³-hybridized carbons (Fsp3) is 0.182. The zero-order valence-electron chi connectivity index (χ0n) is 9.93. The Morgan fingerprint density at radius 2 is 2.16 bits per heavy atom. The highest BCUT2D eigenvalue weighted by Gasteiger charge is 2.14. The molecule has 0 saturated carbocycles. The molecule has 0 bridgehead atoms. The number of carbonyl (C=O) groups excluding carboxylic acids is 1. The maximum Gasteiger partial charge on any atom is 0.227 e. The first kappa shape index (κ1) is 14.2. The minimum Gasteiger partial charge on any atom is -0.369 e. The highest BCUT2D eigenvalue weighted by atomic mass is 35.5. The van der Waals surface area contributed by atoms with Gasteiger partial charge in [-0.25, -0.2) is 0 Å². The van der Waals surface area contributed by atoms with Crippen LogP contribution in [0, 0.1) is 0 Å². The number of primary amides is 1. The van der Waals surface area contributed by atoms with Crippen LogP contribution in [0.1, 0.15) is 0 Å². The van der Waals surface area contributed by atoms with E-state index in [-0.39, 0.29) is 5.75 Å². The summed E-state index contributed by atoms with van der Waals surface area (Å²) in [4.78, 5) is 10.8. The molecule has 1 heterocycles. The van der Waals surface area contributed by atoms with Crippen LogP contribution in [0.3, 0.4) is 0 Å². The van der Waals surface area contributed by atoms with Crippen LogP contribution < -0.4 is 5.73 Å². The van der Waals surface area contributed by atoms with Crippen molar-refractivity contribution in [2.45, 2.75) is 5.16 Å². The Morgan fingerprint density at radius 3 is 2.79 bits per heavy atom. The molecule has 1 amide bonds. The second-order valence-electron chi connectivity index (χ2n) is 3.74. The van der Waals surface area contributed by atoms with E-state index in [9.17, 15) is 4.79 Å². The monoisotopic (exact) mass is 316 g/mol. The molecule has 0 saturated heterocycles. The SMILES string of the molecule is Cn1c(SCC(N)=O)nnc1-c1ccc(Cl)cc1Cl. The zero-order valence-corrected chi connectivity index (χ0v) is 12.3. The van der Waals surface area contributed by atoms with Gasteiger partial charge in [0.05, 0.1) is 10.8 Å². The molecule has 0 aliphatic rings. The first-order valence-electron chi connectivity index (χ1n) is 5.25. The number of hydrogen-bond donors (Lipinski definition) is 1. The molecule has 0 spiro atoms. The number of thioether (sulfide) groups is 1. The van der Waals surface area contributed by atoms with Gasteiger partial charge < -0.3 is 10.3 Å². The average Bonchev–Trinajstić information content (AvgIpc) is 2.68. The Labute approximate surface area is 124 Å². The summed E-state index contributed by atoms with van der Waals surface area (Å²) in [6, 6.07) is 5.15. The number of benzene rings is 1. The molecule has 2 N–H and O–H groups in total. The Kier molecular flexibility index (Phi) is 4.34. The number of aromatic nitrogens is 3. The molecule has 2 aromatic rings. The third-order valence-corrected chi connectivity index (χ3v) is 3.94. The largest absolute Gasteiger partial charge is 0.369 e. The van der Waals surface area contributed by atoms with Gasteiger partial charge in [-0.15, -0.1) is 10.2 Å². The summed E-state index contributed by atoms with van der Waals surface area (Å²) in [5, 5.41) is 9.72. The first-order valence-corrected chi connectivity index (χ1v) is 6.99. The van der Waals surface area contributed by atoms with Crippen LogP contribution in [0.15, 0.2) is 23.4 Å². The van der Waals surface area contributed by atoms with E-state index in [4.69, 9.17) is 28.9 Å². The van der Waals surface area contributed by atoms with E-state index >= 15 is 0 Å². The van der Waals surface area contributed by atoms with Gasteiger partial charge in [-0.3, -0.25) is 4.79 Å². The van der Waals surface area contributed by atoms with Crippen LogP contribution >= 0.6 is 35.0 Å². The Balaban J connectivity index is 2.33. The molecule has 0 fully saturated rings. The van der Waals surface area contributed by atoms with Crippen LogP contribution in [0.2, 0.25) is 10.0 Å². The highest BCUT2D eigenvalue weighted by Crippen LogP contribution is 2.30. The van der Waals surface area contributed by atoms with Crippen molar-refractivity contribution < 1.29 is 4.79 Å². The number of amides is 1. The van der Waals surface area contributed by atoms with E-state index in [0.717, 1.165) is 5.56 Å². The van der Waals surface area contributed by atoms with Crippen molar-refractivity contribution in [3.8, 4) is 11.4 Å². The zero-order chi connectivity index (χ0) is 14.0. The van der Waals surface area contributed by atoms with E-state index in [1.54, 1.807) is 29.8 Å². The quantitative estimate of drug-likeness (QED) is 0.879. The van der Waals surface area contributed by atoms with Gasteiger partial charge in [0.25, 0.3) is 0 Å². The first-order chi connectivity index (χ1) is 8.99. The number of rotatable bonds is 4. The summed E-state index contributed by atoms with van der Waals surface area (Å²) in [6.07, 6.45) is 0. The standard InChI is InChI=1S/C11H10Cl2N4OS/c1-17-10(7-3-2-6(12)4-8(7)13)15-16-11(17)19-5-9(14)18/h2-4H,5H2,1H3,(H2,14,18). The lowest BCUT2D eigenvalue weighted by atomic mass is 10.2. The lowest BCUT2D eigenvalue weighted by Crippen LogP contribution is -2.13. The van der Waals surface area contributed by atoms with Gasteiger partial charge >= 0.3 is 0 Å². The van der Waals surface area contributed by atoms with E-state index in [0.29, 0.717) is 21.0 Å². The molecule has 0 aliphatic heterocycles. The summed E-state index contributed by atoms with van der Waals surface area (Å²) >= 11 is 13.2. The van der Waals surface area contributed by atoms with Crippen LogP contribution in [-0.4, -0.2) is 26.4 Å². The van der Waals surface area contributed by atoms with Crippen molar-refractivity contribution in [1.29, 1.82) is 0 Å². The van der Waals surface area contributed by atoms with E-state index in [1.807, 2.05) is 0 Å². The number of carbonyl (C=O) groups is 1. The Morgan fingerprint density at radius 1 is 1.42 bits per heavy atom. The number of halogens is 2. The molecule has 8 heteroatoms. The van der Waals surface area contributed by atoms with Gasteiger partial charge in [0.15, 0.2) is 11.0 Å². The predicted molar refractivity (Wildman–Crippen MR) is 76.4 cm³/mol. The van der Waals surface area contributed by atoms with E-state index < -0.39 is 5.91 Å². The fourth-order valence-corrected chi connectivity index (χ4v) is 2.62. The summed E-state index contributed by atoms with van der Waals surface area (Å²) in [7, 11) is 1.80. The maximum atomic E-state index is 10.8. The molecule has 1 aromatic heterocycles.